The Morgan fingerprint density at radius 3 is 1.85 bits per heavy atom. The van der Waals surface area contributed by atoms with Gasteiger partial charge in [0.05, 0.1) is 23.4 Å². The highest BCUT2D eigenvalue weighted by Gasteiger charge is 2.17. The third-order valence-electron chi connectivity index (χ3n) is 1.97. The van der Waals surface area contributed by atoms with Gasteiger partial charge in [-0.05, 0) is 12.1 Å². The summed E-state index contributed by atoms with van der Waals surface area (Å²) >= 11 is 0. The van der Waals surface area contributed by atoms with Gasteiger partial charge in [0.2, 0.25) is 0 Å². The van der Waals surface area contributed by atoms with Gasteiger partial charge >= 0.3 is 7.60 Å². The smallest absolute Gasteiger partial charge is 0.356 e. The lowest BCUT2D eigenvalue weighted by atomic mass is 10.3. The van der Waals surface area contributed by atoms with Crippen LogP contribution in [-0.2, 0) is 4.57 Å². The minimum Gasteiger partial charge on any atom is -0.395 e. The molecule has 0 unspecified atom stereocenters. The molecule has 9 nitrogen and oxygen atoms in total. The molecule has 0 aliphatic heterocycles. The molecule has 1 aromatic carbocycles. The SMILES string of the molecule is O=[N+]([O-])c1ccc(P(=O)(O)O)cc1.OCCNCCO. The van der Waals surface area contributed by atoms with Crippen LogP contribution in [0.25, 0.3) is 0 Å². The molecule has 0 spiro atoms. The van der Waals surface area contributed by atoms with Gasteiger partial charge in [0.1, 0.15) is 0 Å². The summed E-state index contributed by atoms with van der Waals surface area (Å²) < 4.78 is 10.6. The molecule has 5 N–H and O–H groups in total. The van der Waals surface area contributed by atoms with Gasteiger partial charge in [-0.25, -0.2) is 0 Å². The topological polar surface area (TPSA) is 153 Å². The predicted molar refractivity (Wildman–Crippen MR) is 71.8 cm³/mol. The van der Waals surface area contributed by atoms with Crippen molar-refractivity contribution in [3.8, 4) is 0 Å². The van der Waals surface area contributed by atoms with E-state index >= 15 is 0 Å². The second kappa shape index (κ2) is 9.54. The van der Waals surface area contributed by atoms with Crippen LogP contribution in [0.1, 0.15) is 0 Å². The predicted octanol–water partition coefficient (Wildman–Crippen LogP) is -1.04. The molecule has 0 saturated heterocycles. The molecule has 1 aromatic rings. The van der Waals surface area contributed by atoms with Crippen LogP contribution in [0, 0.1) is 10.1 Å². The Morgan fingerprint density at radius 2 is 1.55 bits per heavy atom. The van der Waals surface area contributed by atoms with Crippen molar-refractivity contribution in [1.82, 2.24) is 5.32 Å². The summed E-state index contributed by atoms with van der Waals surface area (Å²) in [5.41, 5.74) is -0.197. The first-order valence-corrected chi connectivity index (χ1v) is 7.17. The Kier molecular flexibility index (Phi) is 8.89. The number of nitrogens with zero attached hydrogens (tertiary/aromatic N) is 1. The summed E-state index contributed by atoms with van der Waals surface area (Å²) in [6.45, 7) is 1.42. The first-order valence-electron chi connectivity index (χ1n) is 5.56. The Hall–Kier alpha value is -1.35. The highest BCUT2D eigenvalue weighted by molar-refractivity contribution is 7.60. The number of nitro benzene ring substituents is 1. The first kappa shape index (κ1) is 18.7. The lowest BCUT2D eigenvalue weighted by molar-refractivity contribution is -0.384. The number of nitro groups is 1. The van der Waals surface area contributed by atoms with E-state index in [0.717, 1.165) is 24.3 Å². The average molecular weight is 308 g/mol. The molecule has 0 fully saturated rings. The van der Waals surface area contributed by atoms with E-state index in [1.807, 2.05) is 0 Å². The quantitative estimate of drug-likeness (QED) is 0.193. The maximum Gasteiger partial charge on any atom is 0.356 e. The van der Waals surface area contributed by atoms with Gasteiger partial charge in [0.15, 0.2) is 0 Å². The molecule has 0 saturated carbocycles. The minimum atomic E-state index is -4.29. The van der Waals surface area contributed by atoms with Crippen LogP contribution >= 0.6 is 7.60 Å². The van der Waals surface area contributed by atoms with E-state index in [2.05, 4.69) is 5.32 Å². The zero-order valence-electron chi connectivity index (χ0n) is 10.5. The monoisotopic (exact) mass is 308 g/mol. The summed E-state index contributed by atoms with van der Waals surface area (Å²) in [4.78, 5) is 26.9. The molecule has 0 amide bonds. The van der Waals surface area contributed by atoms with E-state index in [4.69, 9.17) is 20.0 Å². The zero-order chi connectivity index (χ0) is 15.6. The van der Waals surface area contributed by atoms with Crippen LogP contribution in [-0.4, -0.2) is 51.2 Å². The van der Waals surface area contributed by atoms with E-state index in [1.165, 1.54) is 0 Å². The third kappa shape index (κ3) is 7.95. The molecular formula is C10H17N2O7P. The first-order chi connectivity index (χ1) is 9.32. The van der Waals surface area contributed by atoms with E-state index in [0.29, 0.717) is 13.1 Å². The van der Waals surface area contributed by atoms with E-state index < -0.39 is 12.5 Å². The molecule has 0 aliphatic rings. The molecule has 0 atom stereocenters. The van der Waals surface area contributed by atoms with E-state index in [-0.39, 0.29) is 24.2 Å². The van der Waals surface area contributed by atoms with Crippen molar-refractivity contribution in [3.63, 3.8) is 0 Å². The maximum atomic E-state index is 10.6. The minimum absolute atomic E-state index is 0.139. The molecule has 0 aromatic heterocycles. The molecule has 1 rings (SSSR count). The number of aliphatic hydroxyl groups is 2. The number of benzene rings is 1. The Labute approximate surface area is 115 Å². The largest absolute Gasteiger partial charge is 0.395 e. The summed E-state index contributed by atoms with van der Waals surface area (Å²) in [5, 5.41) is 29.0. The fraction of sp³-hybridized carbons (Fsp3) is 0.400. The summed E-state index contributed by atoms with van der Waals surface area (Å²) in [5.74, 6) is 0. The van der Waals surface area contributed by atoms with Crippen molar-refractivity contribution in [2.75, 3.05) is 26.3 Å². The molecule has 10 heteroatoms. The summed E-state index contributed by atoms with van der Waals surface area (Å²) in [6, 6.07) is 4.18. The van der Waals surface area contributed by atoms with Crippen molar-refractivity contribution in [1.29, 1.82) is 0 Å². The van der Waals surface area contributed by atoms with Gasteiger partial charge < -0.3 is 25.3 Å². The molecule has 0 heterocycles. The summed E-state index contributed by atoms with van der Waals surface area (Å²) in [6.07, 6.45) is 0. The van der Waals surface area contributed by atoms with E-state index in [1.54, 1.807) is 0 Å². The van der Waals surface area contributed by atoms with E-state index in [9.17, 15) is 14.7 Å². The Morgan fingerprint density at radius 1 is 1.10 bits per heavy atom. The zero-order valence-corrected chi connectivity index (χ0v) is 11.4. The molecule has 0 bridgehead atoms. The molecule has 0 radical (unpaired) electrons. The maximum absolute atomic E-state index is 10.6. The number of aliphatic hydroxyl groups excluding tert-OH is 2. The highest BCUT2D eigenvalue weighted by atomic mass is 31.2. The third-order valence-corrected chi connectivity index (χ3v) is 2.94. The lowest BCUT2D eigenvalue weighted by Gasteiger charge is -2.01. The van der Waals surface area contributed by atoms with Crippen molar-refractivity contribution < 1.29 is 29.5 Å². The van der Waals surface area contributed by atoms with Gasteiger partial charge in [-0.2, -0.15) is 0 Å². The molecule has 0 aliphatic carbocycles. The molecular weight excluding hydrogens is 291 g/mol. The van der Waals surface area contributed by atoms with Crippen LogP contribution in [0.3, 0.4) is 0 Å². The molecule has 114 valence electrons. The van der Waals surface area contributed by atoms with Crippen molar-refractivity contribution in [2.24, 2.45) is 0 Å². The number of nitrogens with one attached hydrogen (secondary N) is 1. The Bertz CT molecular complexity index is 441. The van der Waals surface area contributed by atoms with Crippen LogP contribution in [0.5, 0.6) is 0 Å². The standard InChI is InChI=1S/C6H6NO5P.C4H11NO2/c8-7(9)5-1-3-6(4-2-5)13(10,11)12;6-3-1-5-2-4-7/h1-4H,(H2,10,11,12);5-7H,1-4H2. The lowest BCUT2D eigenvalue weighted by Crippen LogP contribution is -2.21. The van der Waals surface area contributed by atoms with Gasteiger partial charge in [0.25, 0.3) is 5.69 Å². The average Bonchev–Trinajstić information content (AvgIpc) is 2.39. The Balaban J connectivity index is 0.000000441. The van der Waals surface area contributed by atoms with Gasteiger partial charge in [-0.1, -0.05) is 0 Å². The van der Waals surface area contributed by atoms with Crippen molar-refractivity contribution >= 4 is 18.6 Å². The van der Waals surface area contributed by atoms with Gasteiger partial charge in [-0.3, -0.25) is 14.7 Å². The second-order valence-electron chi connectivity index (χ2n) is 3.51. The normalized spacial score (nSPS) is 10.6. The fourth-order valence-electron chi connectivity index (χ4n) is 1.05. The molecule has 20 heavy (non-hydrogen) atoms. The fourth-order valence-corrected chi connectivity index (χ4v) is 1.59. The van der Waals surface area contributed by atoms with Crippen molar-refractivity contribution in [2.45, 2.75) is 0 Å². The number of non-ortho nitro benzene ring substituents is 1. The van der Waals surface area contributed by atoms with Gasteiger partial charge in [-0.15, -0.1) is 0 Å². The van der Waals surface area contributed by atoms with Crippen molar-refractivity contribution in [3.05, 3.63) is 34.4 Å². The summed E-state index contributed by atoms with van der Waals surface area (Å²) in [7, 11) is -4.29. The number of hydrogen-bond donors (Lipinski definition) is 5. The highest BCUT2D eigenvalue weighted by Crippen LogP contribution is 2.33. The van der Waals surface area contributed by atoms with Crippen LogP contribution in [0.15, 0.2) is 24.3 Å². The van der Waals surface area contributed by atoms with Crippen LogP contribution in [0.2, 0.25) is 0 Å². The number of rotatable bonds is 6. The van der Waals surface area contributed by atoms with Crippen LogP contribution < -0.4 is 10.6 Å². The van der Waals surface area contributed by atoms with Gasteiger partial charge in [0, 0.05) is 25.2 Å². The van der Waals surface area contributed by atoms with Crippen LogP contribution in [0.4, 0.5) is 5.69 Å². The number of hydrogen-bond acceptors (Lipinski definition) is 6. The second-order valence-corrected chi connectivity index (χ2v) is 5.12.